The van der Waals surface area contributed by atoms with Crippen molar-refractivity contribution in [3.63, 3.8) is 0 Å². The van der Waals surface area contributed by atoms with Crippen LogP contribution < -0.4 is 15.2 Å². The van der Waals surface area contributed by atoms with Gasteiger partial charge in [0.1, 0.15) is 0 Å². The third-order valence-electron chi connectivity index (χ3n) is 2.65. The van der Waals surface area contributed by atoms with Gasteiger partial charge in [-0.3, -0.25) is 0 Å². The van der Waals surface area contributed by atoms with E-state index in [1.165, 1.54) is 0 Å². The smallest absolute Gasteiger partial charge is 0.161 e. The molecule has 2 unspecified atom stereocenters. The van der Waals surface area contributed by atoms with E-state index in [2.05, 4.69) is 0 Å². The molecule has 3 N–H and O–H groups in total. The number of aliphatic hydroxyl groups excluding tert-OH is 1. The first-order chi connectivity index (χ1) is 7.51. The molecule has 0 aliphatic rings. The number of aryl methyl sites for hydroxylation is 1. The van der Waals surface area contributed by atoms with Gasteiger partial charge in [-0.25, -0.2) is 0 Å². The van der Waals surface area contributed by atoms with Crippen LogP contribution in [0.4, 0.5) is 0 Å². The van der Waals surface area contributed by atoms with E-state index in [1.54, 1.807) is 21.1 Å². The van der Waals surface area contributed by atoms with Crippen LogP contribution in [0.2, 0.25) is 0 Å². The molecule has 0 spiro atoms. The van der Waals surface area contributed by atoms with Crippen molar-refractivity contribution in [1.29, 1.82) is 0 Å². The highest BCUT2D eigenvalue weighted by Crippen LogP contribution is 2.32. The molecule has 0 radical (unpaired) electrons. The average molecular weight is 225 g/mol. The van der Waals surface area contributed by atoms with Crippen molar-refractivity contribution >= 4 is 0 Å². The van der Waals surface area contributed by atoms with Crippen LogP contribution in [0.1, 0.15) is 24.1 Å². The van der Waals surface area contributed by atoms with Crippen molar-refractivity contribution in [2.24, 2.45) is 5.73 Å². The maximum Gasteiger partial charge on any atom is 0.161 e. The third kappa shape index (κ3) is 2.46. The lowest BCUT2D eigenvalue weighted by molar-refractivity contribution is 0.164. The highest BCUT2D eigenvalue weighted by Gasteiger charge is 2.17. The van der Waals surface area contributed by atoms with Gasteiger partial charge in [0.15, 0.2) is 11.5 Å². The molecule has 0 saturated heterocycles. The molecule has 0 aliphatic heterocycles. The molecule has 0 heterocycles. The number of hydrogen-bond acceptors (Lipinski definition) is 4. The lowest BCUT2D eigenvalue weighted by Crippen LogP contribution is -2.24. The van der Waals surface area contributed by atoms with Crippen molar-refractivity contribution in [2.45, 2.75) is 26.0 Å². The Bertz CT molecular complexity index is 364. The topological polar surface area (TPSA) is 64.7 Å². The zero-order chi connectivity index (χ0) is 12.3. The first-order valence-corrected chi connectivity index (χ1v) is 5.17. The molecule has 0 aliphatic carbocycles. The fraction of sp³-hybridized carbons (Fsp3) is 0.500. The van der Waals surface area contributed by atoms with Gasteiger partial charge < -0.3 is 20.3 Å². The molecule has 1 aromatic carbocycles. The summed E-state index contributed by atoms with van der Waals surface area (Å²) in [6.45, 7) is 3.60. The Labute approximate surface area is 96.0 Å². The molecule has 4 nitrogen and oxygen atoms in total. The normalized spacial score (nSPS) is 14.4. The number of benzene rings is 1. The first kappa shape index (κ1) is 12.8. The van der Waals surface area contributed by atoms with Gasteiger partial charge in [-0.1, -0.05) is 0 Å². The highest BCUT2D eigenvalue weighted by atomic mass is 16.5. The standard InChI is InChI=1S/C12H19NO3/c1-7-5-10(15-3)11(16-4)6-9(7)12(13)8(2)14/h5-6,8,12,14H,13H2,1-4H3. The first-order valence-electron chi connectivity index (χ1n) is 5.17. The highest BCUT2D eigenvalue weighted by molar-refractivity contribution is 5.48. The lowest BCUT2D eigenvalue weighted by Gasteiger charge is -2.19. The van der Waals surface area contributed by atoms with Crippen molar-refractivity contribution in [2.75, 3.05) is 14.2 Å². The number of hydrogen-bond donors (Lipinski definition) is 2. The minimum Gasteiger partial charge on any atom is -0.493 e. The van der Waals surface area contributed by atoms with E-state index < -0.39 is 12.1 Å². The molecule has 2 atom stereocenters. The van der Waals surface area contributed by atoms with E-state index in [4.69, 9.17) is 15.2 Å². The van der Waals surface area contributed by atoms with Crippen LogP contribution in [0.25, 0.3) is 0 Å². The van der Waals surface area contributed by atoms with Gasteiger partial charge in [0.2, 0.25) is 0 Å². The van der Waals surface area contributed by atoms with E-state index >= 15 is 0 Å². The summed E-state index contributed by atoms with van der Waals surface area (Å²) in [7, 11) is 3.16. The van der Waals surface area contributed by atoms with E-state index in [1.807, 2.05) is 19.1 Å². The number of methoxy groups -OCH3 is 2. The van der Waals surface area contributed by atoms with Crippen LogP contribution in [-0.4, -0.2) is 25.4 Å². The molecule has 0 bridgehead atoms. The van der Waals surface area contributed by atoms with Gasteiger partial charge in [0.25, 0.3) is 0 Å². The summed E-state index contributed by atoms with van der Waals surface area (Å²) in [5.74, 6) is 1.29. The van der Waals surface area contributed by atoms with Crippen molar-refractivity contribution in [3.8, 4) is 11.5 Å². The predicted octanol–water partition coefficient (Wildman–Crippen LogP) is 1.39. The predicted molar refractivity (Wildman–Crippen MR) is 62.9 cm³/mol. The number of rotatable bonds is 4. The third-order valence-corrected chi connectivity index (χ3v) is 2.65. The van der Waals surface area contributed by atoms with Gasteiger partial charge >= 0.3 is 0 Å². The van der Waals surface area contributed by atoms with Crippen LogP contribution >= 0.6 is 0 Å². The molecule has 4 heteroatoms. The fourth-order valence-corrected chi connectivity index (χ4v) is 1.62. The number of nitrogens with two attached hydrogens (primary N) is 1. The fourth-order valence-electron chi connectivity index (χ4n) is 1.62. The Balaban J connectivity index is 3.21. The number of aliphatic hydroxyl groups is 1. The van der Waals surface area contributed by atoms with Gasteiger partial charge in [-0.15, -0.1) is 0 Å². The molecule has 0 amide bonds. The Kier molecular flexibility index (Phi) is 4.15. The van der Waals surface area contributed by atoms with Crippen LogP contribution in [0.3, 0.4) is 0 Å². The van der Waals surface area contributed by atoms with Crippen LogP contribution in [0.5, 0.6) is 11.5 Å². The molecule has 0 saturated carbocycles. The van der Waals surface area contributed by atoms with Crippen molar-refractivity contribution < 1.29 is 14.6 Å². The quantitative estimate of drug-likeness (QED) is 0.812. The maximum absolute atomic E-state index is 9.49. The van der Waals surface area contributed by atoms with Crippen molar-refractivity contribution in [1.82, 2.24) is 0 Å². The Morgan fingerprint density at radius 2 is 1.69 bits per heavy atom. The van der Waals surface area contributed by atoms with Crippen LogP contribution in [0, 0.1) is 6.92 Å². The molecule has 90 valence electrons. The zero-order valence-corrected chi connectivity index (χ0v) is 10.2. The molecule has 0 fully saturated rings. The van der Waals surface area contributed by atoms with Gasteiger partial charge in [0, 0.05) is 0 Å². The Morgan fingerprint density at radius 1 is 1.19 bits per heavy atom. The minimum atomic E-state index is -0.600. The Morgan fingerprint density at radius 3 is 2.12 bits per heavy atom. The summed E-state index contributed by atoms with van der Waals surface area (Å²) in [6, 6.07) is 3.25. The van der Waals surface area contributed by atoms with E-state index in [0.29, 0.717) is 11.5 Å². The minimum absolute atomic E-state index is 0.417. The monoisotopic (exact) mass is 225 g/mol. The van der Waals surface area contributed by atoms with Gasteiger partial charge in [0.05, 0.1) is 26.4 Å². The SMILES string of the molecule is COc1cc(C)c(C(N)C(C)O)cc1OC. The van der Waals surface area contributed by atoms with E-state index in [0.717, 1.165) is 11.1 Å². The van der Waals surface area contributed by atoms with Crippen molar-refractivity contribution in [3.05, 3.63) is 23.3 Å². The molecule has 0 aromatic heterocycles. The van der Waals surface area contributed by atoms with E-state index in [9.17, 15) is 5.11 Å². The summed E-state index contributed by atoms with van der Waals surface area (Å²) >= 11 is 0. The molecular formula is C12H19NO3. The largest absolute Gasteiger partial charge is 0.493 e. The second-order valence-electron chi connectivity index (χ2n) is 3.83. The maximum atomic E-state index is 9.49. The summed E-state index contributed by atoms with van der Waals surface area (Å²) in [6.07, 6.45) is -0.600. The van der Waals surface area contributed by atoms with Crippen LogP contribution in [-0.2, 0) is 0 Å². The Hall–Kier alpha value is -1.26. The molecule has 16 heavy (non-hydrogen) atoms. The van der Waals surface area contributed by atoms with Crippen LogP contribution in [0.15, 0.2) is 12.1 Å². The number of ether oxygens (including phenoxy) is 2. The summed E-state index contributed by atoms with van der Waals surface area (Å²) in [5.41, 5.74) is 7.75. The average Bonchev–Trinajstić information content (AvgIpc) is 2.27. The van der Waals surface area contributed by atoms with E-state index in [-0.39, 0.29) is 0 Å². The zero-order valence-electron chi connectivity index (χ0n) is 10.2. The molecular weight excluding hydrogens is 206 g/mol. The summed E-state index contributed by atoms with van der Waals surface area (Å²) < 4.78 is 10.4. The summed E-state index contributed by atoms with van der Waals surface area (Å²) in [4.78, 5) is 0. The summed E-state index contributed by atoms with van der Waals surface area (Å²) in [5, 5.41) is 9.49. The molecule has 1 rings (SSSR count). The van der Waals surface area contributed by atoms with Gasteiger partial charge in [-0.2, -0.15) is 0 Å². The second kappa shape index (κ2) is 5.18. The molecule has 1 aromatic rings. The lowest BCUT2D eigenvalue weighted by atomic mass is 9.97. The van der Waals surface area contributed by atoms with Gasteiger partial charge in [-0.05, 0) is 37.1 Å². The second-order valence-corrected chi connectivity index (χ2v) is 3.83.